The number of aryl methyl sites for hydroxylation is 4. The van der Waals surface area contributed by atoms with Crippen LogP contribution in [0.1, 0.15) is 28.3 Å². The predicted molar refractivity (Wildman–Crippen MR) is 120 cm³/mol. The zero-order chi connectivity index (χ0) is 21.4. The average molecular weight is 462 g/mol. The molecule has 0 aliphatic carbocycles. The Morgan fingerprint density at radius 3 is 2.53 bits per heavy atom. The molecule has 0 bridgehead atoms. The van der Waals surface area contributed by atoms with Crippen molar-refractivity contribution in [1.82, 2.24) is 34.3 Å². The van der Waals surface area contributed by atoms with Crippen LogP contribution in [0.5, 0.6) is 0 Å². The van der Waals surface area contributed by atoms with Crippen LogP contribution in [0.2, 0.25) is 10.0 Å². The first-order valence-electron chi connectivity index (χ1n) is 9.47. The van der Waals surface area contributed by atoms with Gasteiger partial charge in [0.2, 0.25) is 0 Å². The highest BCUT2D eigenvalue weighted by molar-refractivity contribution is 7.71. The first-order valence-corrected chi connectivity index (χ1v) is 10.6. The lowest BCUT2D eigenvalue weighted by atomic mass is 10.2. The van der Waals surface area contributed by atoms with Gasteiger partial charge in [-0.25, -0.2) is 0 Å². The van der Waals surface area contributed by atoms with Gasteiger partial charge >= 0.3 is 0 Å². The number of halogens is 2. The van der Waals surface area contributed by atoms with E-state index in [9.17, 15) is 0 Å². The van der Waals surface area contributed by atoms with Crippen molar-refractivity contribution in [3.05, 3.63) is 73.7 Å². The van der Waals surface area contributed by atoms with Crippen LogP contribution in [0.3, 0.4) is 0 Å². The van der Waals surface area contributed by atoms with Gasteiger partial charge < -0.3 is 0 Å². The number of nitrogens with zero attached hydrogens (tertiary/aromatic N) is 6. The number of H-pyrrole nitrogens is 1. The summed E-state index contributed by atoms with van der Waals surface area (Å²) in [4.78, 5) is 0. The lowest BCUT2D eigenvalue weighted by Crippen LogP contribution is -2.10. The topological polar surface area (TPSA) is 69.2 Å². The molecule has 0 spiro atoms. The van der Waals surface area contributed by atoms with Gasteiger partial charge in [-0.05, 0) is 50.7 Å². The van der Waals surface area contributed by atoms with Crippen molar-refractivity contribution >= 4 is 35.4 Å². The van der Waals surface area contributed by atoms with Crippen LogP contribution in [-0.2, 0) is 19.5 Å². The number of hydrogen-bond donors (Lipinski definition) is 1. The molecule has 0 fully saturated rings. The third kappa shape index (κ3) is 3.95. The smallest absolute Gasteiger partial charge is 0.199 e. The summed E-state index contributed by atoms with van der Waals surface area (Å²) in [5.74, 6) is 0.828. The summed E-state index contributed by atoms with van der Waals surface area (Å²) < 4.78 is 6.28. The molecular formula is C20H21Cl2N7S. The molecule has 4 rings (SSSR count). The SMILES string of the molecule is Cc1cnn(CCc2n[nH]c(=S)n2-c2c(C)nn(Cc3c(Cl)cccc3Cl)c2C)c1. The predicted octanol–water partition coefficient (Wildman–Crippen LogP) is 4.85. The first-order chi connectivity index (χ1) is 14.3. The molecule has 0 aliphatic heterocycles. The third-order valence-electron chi connectivity index (χ3n) is 5.01. The van der Waals surface area contributed by atoms with Crippen molar-refractivity contribution in [1.29, 1.82) is 0 Å². The van der Waals surface area contributed by atoms with Gasteiger partial charge in [0.15, 0.2) is 4.77 Å². The van der Waals surface area contributed by atoms with Crippen LogP contribution in [-0.4, -0.2) is 34.3 Å². The monoisotopic (exact) mass is 461 g/mol. The Bertz CT molecular complexity index is 1240. The Labute approximate surface area is 189 Å². The van der Waals surface area contributed by atoms with Gasteiger partial charge in [0.25, 0.3) is 0 Å². The number of hydrogen-bond acceptors (Lipinski definition) is 4. The molecular weight excluding hydrogens is 441 g/mol. The van der Waals surface area contributed by atoms with E-state index in [0.29, 0.717) is 34.3 Å². The van der Waals surface area contributed by atoms with Crippen LogP contribution < -0.4 is 0 Å². The molecule has 0 radical (unpaired) electrons. The maximum Gasteiger partial charge on any atom is 0.199 e. The van der Waals surface area contributed by atoms with E-state index in [4.69, 9.17) is 40.5 Å². The lowest BCUT2D eigenvalue weighted by molar-refractivity contribution is 0.594. The zero-order valence-corrected chi connectivity index (χ0v) is 19.2. The fraction of sp³-hybridized carbons (Fsp3) is 0.300. The van der Waals surface area contributed by atoms with E-state index in [1.807, 2.05) is 65.3 Å². The number of aromatic nitrogens is 7. The van der Waals surface area contributed by atoms with Crippen LogP contribution in [0.25, 0.3) is 5.69 Å². The van der Waals surface area contributed by atoms with Gasteiger partial charge in [0, 0.05) is 34.8 Å². The molecule has 30 heavy (non-hydrogen) atoms. The summed E-state index contributed by atoms with van der Waals surface area (Å²) >= 11 is 18.3. The number of rotatable bonds is 6. The Morgan fingerprint density at radius 2 is 1.87 bits per heavy atom. The highest BCUT2D eigenvalue weighted by Gasteiger charge is 2.19. The summed E-state index contributed by atoms with van der Waals surface area (Å²) in [6, 6.07) is 5.49. The van der Waals surface area contributed by atoms with Gasteiger partial charge in [-0.15, -0.1) is 0 Å². The van der Waals surface area contributed by atoms with Crippen LogP contribution in [0.4, 0.5) is 0 Å². The van der Waals surface area contributed by atoms with Crippen LogP contribution in [0, 0.1) is 25.5 Å². The standard InChI is InChI=1S/C20H21Cl2N7S/c1-12-9-23-27(10-12)8-7-18-24-25-20(30)29(18)19-13(2)26-28(14(19)3)11-15-16(21)5-4-6-17(15)22/h4-6,9-10H,7-8,11H2,1-3H3,(H,25,30). The Morgan fingerprint density at radius 1 is 1.13 bits per heavy atom. The quantitative estimate of drug-likeness (QED) is 0.416. The average Bonchev–Trinajstić information content (AvgIpc) is 3.35. The maximum absolute atomic E-state index is 6.36. The fourth-order valence-electron chi connectivity index (χ4n) is 3.53. The molecule has 10 heteroatoms. The van der Waals surface area contributed by atoms with E-state index in [1.54, 1.807) is 0 Å². The molecule has 0 unspecified atom stereocenters. The van der Waals surface area contributed by atoms with E-state index in [2.05, 4.69) is 15.3 Å². The summed E-state index contributed by atoms with van der Waals surface area (Å²) in [6.07, 6.45) is 4.53. The van der Waals surface area contributed by atoms with Gasteiger partial charge in [-0.2, -0.15) is 15.3 Å². The zero-order valence-electron chi connectivity index (χ0n) is 16.9. The molecule has 0 saturated carbocycles. The summed E-state index contributed by atoms with van der Waals surface area (Å²) in [5, 5.41) is 17.7. The minimum Gasteiger partial charge on any atom is -0.272 e. The second-order valence-electron chi connectivity index (χ2n) is 7.19. The Balaban J connectivity index is 1.68. The molecule has 0 aliphatic rings. The minimum absolute atomic E-state index is 0.470. The molecule has 0 atom stereocenters. The highest BCUT2D eigenvalue weighted by Crippen LogP contribution is 2.27. The number of aromatic amines is 1. The second-order valence-corrected chi connectivity index (χ2v) is 8.39. The molecule has 4 aromatic rings. The molecule has 3 heterocycles. The third-order valence-corrected chi connectivity index (χ3v) is 5.99. The van der Waals surface area contributed by atoms with Crippen molar-refractivity contribution in [2.24, 2.45) is 0 Å². The number of benzene rings is 1. The van der Waals surface area contributed by atoms with E-state index in [-0.39, 0.29) is 0 Å². The lowest BCUT2D eigenvalue weighted by Gasteiger charge is -2.10. The van der Waals surface area contributed by atoms with E-state index in [0.717, 1.165) is 34.0 Å². The van der Waals surface area contributed by atoms with E-state index >= 15 is 0 Å². The highest BCUT2D eigenvalue weighted by atomic mass is 35.5. The second kappa shape index (κ2) is 8.37. The van der Waals surface area contributed by atoms with Gasteiger partial charge in [0.05, 0.1) is 29.8 Å². The molecule has 0 saturated heterocycles. The molecule has 156 valence electrons. The molecule has 7 nitrogen and oxygen atoms in total. The van der Waals surface area contributed by atoms with Crippen molar-refractivity contribution in [3.63, 3.8) is 0 Å². The Hall–Kier alpha value is -2.42. The van der Waals surface area contributed by atoms with Gasteiger partial charge in [-0.3, -0.25) is 19.0 Å². The van der Waals surface area contributed by atoms with Crippen molar-refractivity contribution in [3.8, 4) is 5.69 Å². The Kier molecular flexibility index (Phi) is 5.81. The summed E-state index contributed by atoms with van der Waals surface area (Å²) in [7, 11) is 0. The van der Waals surface area contributed by atoms with Gasteiger partial charge in [0.1, 0.15) is 5.82 Å². The van der Waals surface area contributed by atoms with E-state index in [1.165, 1.54) is 0 Å². The molecule has 0 amide bonds. The number of nitrogens with one attached hydrogen (secondary N) is 1. The summed E-state index contributed by atoms with van der Waals surface area (Å²) in [6.45, 7) is 7.16. The van der Waals surface area contributed by atoms with Crippen molar-refractivity contribution in [2.75, 3.05) is 0 Å². The van der Waals surface area contributed by atoms with Crippen molar-refractivity contribution in [2.45, 2.75) is 40.3 Å². The molecule has 1 aromatic carbocycles. The van der Waals surface area contributed by atoms with Crippen molar-refractivity contribution < 1.29 is 0 Å². The first kappa shape index (κ1) is 20.8. The fourth-order valence-corrected chi connectivity index (χ4v) is 4.29. The van der Waals surface area contributed by atoms with Crippen LogP contribution >= 0.6 is 35.4 Å². The minimum atomic E-state index is 0.470. The van der Waals surface area contributed by atoms with E-state index < -0.39 is 0 Å². The van der Waals surface area contributed by atoms with Gasteiger partial charge in [-0.1, -0.05) is 29.3 Å². The molecule has 3 aromatic heterocycles. The largest absolute Gasteiger partial charge is 0.272 e. The van der Waals surface area contributed by atoms with Crippen LogP contribution in [0.15, 0.2) is 30.6 Å². The molecule has 1 N–H and O–H groups in total. The maximum atomic E-state index is 6.36. The summed E-state index contributed by atoms with van der Waals surface area (Å²) in [5.41, 5.74) is 4.69. The normalized spacial score (nSPS) is 11.4.